The van der Waals surface area contributed by atoms with Crippen LogP contribution in [0.25, 0.3) is 0 Å². The van der Waals surface area contributed by atoms with Gasteiger partial charge in [-0.1, -0.05) is 6.07 Å². The van der Waals surface area contributed by atoms with Gasteiger partial charge in [-0.25, -0.2) is 9.59 Å². The van der Waals surface area contributed by atoms with Crippen LogP contribution in [-0.4, -0.2) is 37.1 Å². The number of hydrogen-bond acceptors (Lipinski definition) is 7. The number of halogens is 1. The fourth-order valence-electron chi connectivity index (χ4n) is 2.52. The summed E-state index contributed by atoms with van der Waals surface area (Å²) in [4.78, 5) is 24.2. The van der Waals surface area contributed by atoms with Gasteiger partial charge in [-0.3, -0.25) is 5.41 Å². The van der Waals surface area contributed by atoms with E-state index in [1.165, 1.54) is 26.4 Å². The molecule has 8 nitrogen and oxygen atoms in total. The van der Waals surface area contributed by atoms with Crippen molar-refractivity contribution in [1.82, 2.24) is 0 Å². The zero-order valence-electron chi connectivity index (χ0n) is 15.4. The van der Waals surface area contributed by atoms with E-state index in [-0.39, 0.29) is 30.4 Å². The molecular formula is C19H22ClN3O5. The number of aliphatic hydroxyl groups excluding tert-OH is 1. The summed E-state index contributed by atoms with van der Waals surface area (Å²) in [7, 11) is 2.51. The Bertz CT molecular complexity index is 855. The first-order chi connectivity index (χ1) is 12.9. The standard InChI is InChI=1S/C19H21N3O5.ClH/c1-26-18(24)14-8-11(10-23)7-13(9-14)16(19(25)27-2)22-15-5-3-12(4-6-15)17(20)21;/h3-9,16,22-23H,10H2,1-2H3,(H3,20,21);1H. The number of rotatable bonds is 7. The molecule has 2 rings (SSSR count). The number of carbonyl (C=O) groups excluding carboxylic acids is 2. The minimum Gasteiger partial charge on any atom is -0.467 e. The summed E-state index contributed by atoms with van der Waals surface area (Å²) in [6.07, 6.45) is 0. The third kappa shape index (κ3) is 5.45. The summed E-state index contributed by atoms with van der Waals surface area (Å²) >= 11 is 0. The largest absolute Gasteiger partial charge is 0.467 e. The minimum atomic E-state index is -0.923. The van der Waals surface area contributed by atoms with E-state index in [0.29, 0.717) is 22.4 Å². The van der Waals surface area contributed by atoms with Crippen molar-refractivity contribution in [3.8, 4) is 0 Å². The van der Waals surface area contributed by atoms with Gasteiger partial charge in [0.1, 0.15) is 5.84 Å². The smallest absolute Gasteiger partial charge is 0.337 e. The second-order valence-electron chi connectivity index (χ2n) is 5.70. The number of nitrogen functional groups attached to an aromatic ring is 1. The summed E-state index contributed by atoms with van der Waals surface area (Å²) in [6, 6.07) is 10.3. The lowest BCUT2D eigenvalue weighted by Gasteiger charge is -2.19. The number of aliphatic hydroxyl groups is 1. The number of nitrogens with two attached hydrogens (primary N) is 1. The molecule has 2 aromatic carbocycles. The third-order valence-electron chi connectivity index (χ3n) is 3.90. The van der Waals surface area contributed by atoms with Gasteiger partial charge in [-0.2, -0.15) is 0 Å². The van der Waals surface area contributed by atoms with E-state index in [2.05, 4.69) is 5.32 Å². The van der Waals surface area contributed by atoms with Crippen LogP contribution in [0.15, 0.2) is 42.5 Å². The zero-order valence-corrected chi connectivity index (χ0v) is 16.2. The Hall–Kier alpha value is -3.10. The van der Waals surface area contributed by atoms with Gasteiger partial charge in [-0.05, 0) is 47.5 Å². The monoisotopic (exact) mass is 407 g/mol. The van der Waals surface area contributed by atoms with E-state index >= 15 is 0 Å². The number of nitrogens with one attached hydrogen (secondary N) is 2. The van der Waals surface area contributed by atoms with Gasteiger partial charge in [0.05, 0.1) is 26.4 Å². The molecule has 0 aliphatic heterocycles. The Morgan fingerprint density at radius 2 is 1.75 bits per heavy atom. The molecule has 28 heavy (non-hydrogen) atoms. The van der Waals surface area contributed by atoms with Crippen molar-refractivity contribution in [3.63, 3.8) is 0 Å². The highest BCUT2D eigenvalue weighted by molar-refractivity contribution is 5.95. The van der Waals surface area contributed by atoms with Crippen LogP contribution in [0.5, 0.6) is 0 Å². The van der Waals surface area contributed by atoms with Gasteiger partial charge in [0.2, 0.25) is 0 Å². The quantitative estimate of drug-likeness (QED) is 0.313. The van der Waals surface area contributed by atoms with Crippen molar-refractivity contribution in [2.24, 2.45) is 5.73 Å². The van der Waals surface area contributed by atoms with Crippen LogP contribution >= 0.6 is 12.4 Å². The zero-order chi connectivity index (χ0) is 20.0. The molecule has 5 N–H and O–H groups in total. The van der Waals surface area contributed by atoms with Crippen molar-refractivity contribution in [1.29, 1.82) is 5.41 Å². The van der Waals surface area contributed by atoms with Gasteiger partial charge in [0.25, 0.3) is 0 Å². The van der Waals surface area contributed by atoms with Crippen LogP contribution in [0.1, 0.15) is 33.1 Å². The highest BCUT2D eigenvalue weighted by Crippen LogP contribution is 2.24. The van der Waals surface area contributed by atoms with Crippen molar-refractivity contribution < 1.29 is 24.2 Å². The van der Waals surface area contributed by atoms with Crippen LogP contribution in [0.2, 0.25) is 0 Å². The number of hydrogen-bond donors (Lipinski definition) is 4. The molecule has 0 amide bonds. The minimum absolute atomic E-state index is 0. The lowest BCUT2D eigenvalue weighted by Crippen LogP contribution is -2.23. The molecule has 0 aliphatic carbocycles. The van der Waals surface area contributed by atoms with E-state index < -0.39 is 18.0 Å². The molecule has 0 fully saturated rings. The molecule has 0 radical (unpaired) electrons. The Kier molecular flexibility index (Phi) is 8.43. The average Bonchev–Trinajstić information content (AvgIpc) is 2.70. The highest BCUT2D eigenvalue weighted by Gasteiger charge is 2.23. The van der Waals surface area contributed by atoms with E-state index in [4.69, 9.17) is 20.6 Å². The number of carbonyl (C=O) groups is 2. The number of benzene rings is 2. The molecule has 1 unspecified atom stereocenters. The van der Waals surface area contributed by atoms with Crippen LogP contribution in [0, 0.1) is 5.41 Å². The molecule has 0 heterocycles. The van der Waals surface area contributed by atoms with Gasteiger partial charge in [0.15, 0.2) is 6.04 Å². The van der Waals surface area contributed by atoms with Crippen LogP contribution in [0.4, 0.5) is 5.69 Å². The number of ether oxygens (including phenoxy) is 2. The molecule has 9 heteroatoms. The molecular weight excluding hydrogens is 386 g/mol. The van der Waals surface area contributed by atoms with Crippen molar-refractivity contribution in [2.75, 3.05) is 19.5 Å². The Morgan fingerprint density at radius 3 is 2.25 bits per heavy atom. The number of anilines is 1. The van der Waals surface area contributed by atoms with Gasteiger partial charge >= 0.3 is 11.9 Å². The Balaban J connectivity index is 0.00000392. The van der Waals surface area contributed by atoms with Crippen molar-refractivity contribution in [2.45, 2.75) is 12.6 Å². The molecule has 0 bridgehead atoms. The molecule has 0 saturated carbocycles. The van der Waals surface area contributed by atoms with E-state index in [9.17, 15) is 14.7 Å². The molecule has 0 aliphatic rings. The first kappa shape index (κ1) is 22.9. The fourth-order valence-corrected chi connectivity index (χ4v) is 2.52. The topological polar surface area (TPSA) is 135 Å². The number of amidine groups is 1. The van der Waals surface area contributed by atoms with Gasteiger partial charge < -0.3 is 25.6 Å². The fraction of sp³-hybridized carbons (Fsp3) is 0.211. The highest BCUT2D eigenvalue weighted by atomic mass is 35.5. The Morgan fingerprint density at radius 1 is 1.11 bits per heavy atom. The first-order valence-corrected chi connectivity index (χ1v) is 8.01. The predicted octanol–water partition coefficient (Wildman–Crippen LogP) is 2.00. The summed E-state index contributed by atoms with van der Waals surface area (Å²) in [5.74, 6) is -1.22. The molecule has 0 saturated heterocycles. The maximum atomic E-state index is 12.3. The average molecular weight is 408 g/mol. The molecule has 0 aromatic heterocycles. The van der Waals surface area contributed by atoms with E-state index in [0.717, 1.165) is 0 Å². The predicted molar refractivity (Wildman–Crippen MR) is 107 cm³/mol. The third-order valence-corrected chi connectivity index (χ3v) is 3.90. The SMILES string of the molecule is COC(=O)c1cc(CO)cc(C(Nc2ccc(C(=N)N)cc2)C(=O)OC)c1.Cl. The van der Waals surface area contributed by atoms with Crippen molar-refractivity contribution >= 4 is 35.9 Å². The van der Waals surface area contributed by atoms with E-state index in [1.807, 2.05) is 0 Å². The van der Waals surface area contributed by atoms with Crippen molar-refractivity contribution in [3.05, 3.63) is 64.7 Å². The maximum Gasteiger partial charge on any atom is 0.337 e. The Labute approximate surface area is 168 Å². The van der Waals surface area contributed by atoms with Crippen LogP contribution < -0.4 is 11.1 Å². The molecule has 1 atom stereocenters. The first-order valence-electron chi connectivity index (χ1n) is 8.01. The summed E-state index contributed by atoms with van der Waals surface area (Å²) in [5.41, 5.74) is 7.67. The van der Waals surface area contributed by atoms with Crippen LogP contribution in [-0.2, 0) is 20.9 Å². The lowest BCUT2D eigenvalue weighted by atomic mass is 10.00. The number of methoxy groups -OCH3 is 2. The number of esters is 2. The summed E-state index contributed by atoms with van der Waals surface area (Å²) < 4.78 is 9.59. The molecule has 0 spiro atoms. The molecule has 2 aromatic rings. The maximum absolute atomic E-state index is 12.3. The molecule has 150 valence electrons. The van der Waals surface area contributed by atoms with Gasteiger partial charge in [-0.15, -0.1) is 12.4 Å². The van der Waals surface area contributed by atoms with Gasteiger partial charge in [0, 0.05) is 11.3 Å². The second kappa shape index (κ2) is 10.3. The lowest BCUT2D eigenvalue weighted by molar-refractivity contribution is -0.141. The van der Waals surface area contributed by atoms with Crippen LogP contribution in [0.3, 0.4) is 0 Å². The summed E-state index contributed by atoms with van der Waals surface area (Å²) in [6.45, 7) is -0.307. The second-order valence-corrected chi connectivity index (χ2v) is 5.70. The summed E-state index contributed by atoms with van der Waals surface area (Å²) in [5, 5.41) is 19.9. The normalized spacial score (nSPS) is 11.0. The van der Waals surface area contributed by atoms with E-state index in [1.54, 1.807) is 30.3 Å².